The van der Waals surface area contributed by atoms with Crippen molar-refractivity contribution >= 4 is 12.6 Å². The minimum absolute atomic E-state index is 0.338. The van der Waals surface area contributed by atoms with Crippen molar-refractivity contribution in [3.05, 3.63) is 0 Å². The molecule has 0 aliphatic heterocycles. The van der Waals surface area contributed by atoms with Gasteiger partial charge in [0.15, 0.2) is 0 Å². The fraction of sp³-hybridized carbons (Fsp3) is 0.714. The van der Waals surface area contributed by atoms with Gasteiger partial charge in [-0.05, 0) is 6.92 Å². The van der Waals surface area contributed by atoms with Gasteiger partial charge in [0, 0.05) is 25.2 Å². The minimum atomic E-state index is 0.338. The Hall–Kier alpha value is -0.860. The summed E-state index contributed by atoms with van der Waals surface area (Å²) in [6.07, 6.45) is 2.56. The van der Waals surface area contributed by atoms with Gasteiger partial charge in [0.2, 0.25) is 6.41 Å². The van der Waals surface area contributed by atoms with E-state index in [2.05, 4.69) is 10.3 Å². The molecule has 0 saturated heterocycles. The predicted molar refractivity (Wildman–Crippen MR) is 42.3 cm³/mol. The van der Waals surface area contributed by atoms with Gasteiger partial charge < -0.3 is 5.32 Å². The van der Waals surface area contributed by atoms with E-state index in [0.29, 0.717) is 18.9 Å². The van der Waals surface area contributed by atoms with Crippen LogP contribution in [0.25, 0.3) is 0 Å². The van der Waals surface area contributed by atoms with Gasteiger partial charge >= 0.3 is 0 Å². The Morgan fingerprint density at radius 3 is 2.90 bits per heavy atom. The average molecular weight is 142 g/mol. The zero-order valence-corrected chi connectivity index (χ0v) is 6.50. The van der Waals surface area contributed by atoms with Crippen LogP contribution in [0.15, 0.2) is 4.99 Å². The molecule has 3 heteroatoms. The first-order valence-corrected chi connectivity index (χ1v) is 3.48. The Morgan fingerprint density at radius 2 is 2.40 bits per heavy atom. The number of hydrogen-bond acceptors (Lipinski definition) is 2. The molecule has 58 valence electrons. The number of rotatable bonds is 5. The monoisotopic (exact) mass is 142 g/mol. The maximum Gasteiger partial charge on any atom is 0.207 e. The first-order valence-electron chi connectivity index (χ1n) is 3.48. The largest absolute Gasteiger partial charge is 0.358 e. The lowest BCUT2D eigenvalue weighted by molar-refractivity contribution is -0.109. The SMILES string of the molecule is CCN=CC(C)CNC=O. The molecule has 0 heterocycles. The highest BCUT2D eigenvalue weighted by Gasteiger charge is 1.93. The quantitative estimate of drug-likeness (QED) is 0.439. The minimum Gasteiger partial charge on any atom is -0.358 e. The summed E-state index contributed by atoms with van der Waals surface area (Å²) in [4.78, 5) is 13.9. The van der Waals surface area contributed by atoms with Crippen LogP contribution < -0.4 is 5.32 Å². The summed E-state index contributed by atoms with van der Waals surface area (Å²) in [5.41, 5.74) is 0. The van der Waals surface area contributed by atoms with Crippen LogP contribution in [0.3, 0.4) is 0 Å². The maximum absolute atomic E-state index is 9.83. The third-order valence-corrected chi connectivity index (χ3v) is 1.07. The molecule has 0 aliphatic rings. The Kier molecular flexibility index (Phi) is 5.72. The van der Waals surface area contributed by atoms with Crippen LogP contribution in [0, 0.1) is 5.92 Å². The topological polar surface area (TPSA) is 41.5 Å². The molecule has 0 rings (SSSR count). The highest BCUT2D eigenvalue weighted by atomic mass is 16.1. The molecule has 1 atom stereocenters. The van der Waals surface area contributed by atoms with Gasteiger partial charge in [-0.3, -0.25) is 9.79 Å². The number of carbonyl (C=O) groups is 1. The van der Waals surface area contributed by atoms with Gasteiger partial charge in [0.05, 0.1) is 0 Å². The van der Waals surface area contributed by atoms with E-state index in [9.17, 15) is 4.79 Å². The summed E-state index contributed by atoms with van der Waals surface area (Å²) >= 11 is 0. The Bertz CT molecular complexity index is 112. The van der Waals surface area contributed by atoms with Crippen molar-refractivity contribution < 1.29 is 4.79 Å². The second-order valence-corrected chi connectivity index (χ2v) is 2.15. The molecule has 0 spiro atoms. The van der Waals surface area contributed by atoms with Crippen LogP contribution in [-0.4, -0.2) is 25.7 Å². The van der Waals surface area contributed by atoms with Gasteiger partial charge in [-0.2, -0.15) is 0 Å². The van der Waals surface area contributed by atoms with Crippen LogP contribution in [0.4, 0.5) is 0 Å². The predicted octanol–water partition coefficient (Wildman–Crippen LogP) is 0.459. The Labute approximate surface area is 61.5 Å². The van der Waals surface area contributed by atoms with E-state index in [-0.39, 0.29) is 0 Å². The number of hydrogen-bond donors (Lipinski definition) is 1. The summed E-state index contributed by atoms with van der Waals surface area (Å²) in [5.74, 6) is 0.338. The van der Waals surface area contributed by atoms with Crippen molar-refractivity contribution in [3.8, 4) is 0 Å². The van der Waals surface area contributed by atoms with Crippen LogP contribution in [-0.2, 0) is 4.79 Å². The third-order valence-electron chi connectivity index (χ3n) is 1.07. The third kappa shape index (κ3) is 5.28. The van der Waals surface area contributed by atoms with Crippen molar-refractivity contribution in [1.82, 2.24) is 5.32 Å². The smallest absolute Gasteiger partial charge is 0.207 e. The Morgan fingerprint density at radius 1 is 1.70 bits per heavy atom. The van der Waals surface area contributed by atoms with E-state index in [4.69, 9.17) is 0 Å². The molecular formula is C7H14N2O. The van der Waals surface area contributed by atoms with Crippen molar-refractivity contribution in [3.63, 3.8) is 0 Å². The molecule has 0 fully saturated rings. The summed E-state index contributed by atoms with van der Waals surface area (Å²) < 4.78 is 0. The van der Waals surface area contributed by atoms with E-state index in [1.165, 1.54) is 0 Å². The molecule has 0 bridgehead atoms. The molecule has 0 aliphatic carbocycles. The van der Waals surface area contributed by atoms with Crippen LogP contribution in [0.5, 0.6) is 0 Å². The number of nitrogens with zero attached hydrogens (tertiary/aromatic N) is 1. The average Bonchev–Trinajstić information content (AvgIpc) is 1.97. The van der Waals surface area contributed by atoms with Crippen LogP contribution in [0.2, 0.25) is 0 Å². The molecule has 0 radical (unpaired) electrons. The number of nitrogens with one attached hydrogen (secondary N) is 1. The summed E-state index contributed by atoms with van der Waals surface area (Å²) in [6.45, 7) is 5.48. The summed E-state index contributed by atoms with van der Waals surface area (Å²) in [5, 5.41) is 2.59. The van der Waals surface area contributed by atoms with Gasteiger partial charge in [-0.1, -0.05) is 6.92 Å². The van der Waals surface area contributed by atoms with Gasteiger partial charge in [-0.15, -0.1) is 0 Å². The normalized spacial score (nSPS) is 13.4. The molecule has 1 unspecified atom stereocenters. The zero-order valence-electron chi connectivity index (χ0n) is 6.50. The fourth-order valence-electron chi connectivity index (χ4n) is 0.572. The lowest BCUT2D eigenvalue weighted by Crippen LogP contribution is -2.19. The van der Waals surface area contributed by atoms with E-state index in [1.807, 2.05) is 20.1 Å². The maximum atomic E-state index is 9.83. The lowest BCUT2D eigenvalue weighted by atomic mass is 10.2. The standard InChI is InChI=1S/C7H14N2O/c1-3-8-4-7(2)5-9-6-10/h4,6-7H,3,5H2,1-2H3,(H,9,10). The Balaban J connectivity index is 3.32. The number of carbonyl (C=O) groups excluding carboxylic acids is 1. The van der Waals surface area contributed by atoms with E-state index < -0.39 is 0 Å². The van der Waals surface area contributed by atoms with Crippen molar-refractivity contribution in [1.29, 1.82) is 0 Å². The van der Waals surface area contributed by atoms with E-state index in [0.717, 1.165) is 6.54 Å². The van der Waals surface area contributed by atoms with Crippen molar-refractivity contribution in [2.24, 2.45) is 10.9 Å². The van der Waals surface area contributed by atoms with Gasteiger partial charge in [-0.25, -0.2) is 0 Å². The molecule has 1 N–H and O–H groups in total. The zero-order chi connectivity index (χ0) is 7.82. The van der Waals surface area contributed by atoms with Crippen LogP contribution in [0.1, 0.15) is 13.8 Å². The number of amides is 1. The summed E-state index contributed by atoms with van der Waals surface area (Å²) in [7, 11) is 0. The first kappa shape index (κ1) is 9.14. The summed E-state index contributed by atoms with van der Waals surface area (Å²) in [6, 6.07) is 0. The second-order valence-electron chi connectivity index (χ2n) is 2.15. The highest BCUT2D eigenvalue weighted by molar-refractivity contribution is 5.61. The molecule has 0 aromatic carbocycles. The van der Waals surface area contributed by atoms with E-state index >= 15 is 0 Å². The van der Waals surface area contributed by atoms with Crippen molar-refractivity contribution in [2.75, 3.05) is 13.1 Å². The van der Waals surface area contributed by atoms with Crippen molar-refractivity contribution in [2.45, 2.75) is 13.8 Å². The van der Waals surface area contributed by atoms with Crippen LogP contribution >= 0.6 is 0 Å². The van der Waals surface area contributed by atoms with Gasteiger partial charge in [0.25, 0.3) is 0 Å². The first-order chi connectivity index (χ1) is 4.81. The second kappa shape index (κ2) is 6.26. The molecule has 0 aromatic heterocycles. The highest BCUT2D eigenvalue weighted by Crippen LogP contribution is 1.85. The molecule has 0 saturated carbocycles. The fourth-order valence-corrected chi connectivity index (χ4v) is 0.572. The molecule has 1 amide bonds. The van der Waals surface area contributed by atoms with E-state index in [1.54, 1.807) is 0 Å². The number of aliphatic imine (C=N–C) groups is 1. The molecular weight excluding hydrogens is 128 g/mol. The lowest BCUT2D eigenvalue weighted by Gasteiger charge is -2.01. The molecule has 10 heavy (non-hydrogen) atoms. The molecule has 3 nitrogen and oxygen atoms in total. The van der Waals surface area contributed by atoms with Gasteiger partial charge in [0.1, 0.15) is 0 Å². The molecule has 0 aromatic rings.